The van der Waals surface area contributed by atoms with Crippen molar-refractivity contribution >= 4 is 29.1 Å². The van der Waals surface area contributed by atoms with Gasteiger partial charge in [-0.25, -0.2) is 4.79 Å². The fourth-order valence-corrected chi connectivity index (χ4v) is 3.19. The van der Waals surface area contributed by atoms with E-state index in [1.54, 1.807) is 6.92 Å². The Bertz CT molecular complexity index is 744. The first-order valence-corrected chi connectivity index (χ1v) is 9.11. The predicted octanol–water partition coefficient (Wildman–Crippen LogP) is 2.61. The fourth-order valence-electron chi connectivity index (χ4n) is 2.98. The lowest BCUT2D eigenvalue weighted by Crippen LogP contribution is -2.22. The quantitative estimate of drug-likeness (QED) is 0.699. The Kier molecular flexibility index (Phi) is 7.21. The second kappa shape index (κ2) is 9.19. The molecule has 8 heteroatoms. The van der Waals surface area contributed by atoms with Gasteiger partial charge in [0.05, 0.1) is 24.3 Å². The van der Waals surface area contributed by atoms with E-state index in [0.29, 0.717) is 6.42 Å². The molecule has 0 aromatic heterocycles. The third kappa shape index (κ3) is 5.43. The van der Waals surface area contributed by atoms with Crippen LogP contribution in [0.2, 0.25) is 5.02 Å². The summed E-state index contributed by atoms with van der Waals surface area (Å²) < 4.78 is 10.6. The lowest BCUT2D eigenvalue weighted by Gasteiger charge is -2.19. The minimum absolute atomic E-state index is 0.0284. The summed E-state index contributed by atoms with van der Waals surface area (Å²) in [4.78, 5) is 36.9. The van der Waals surface area contributed by atoms with E-state index >= 15 is 0 Å². The van der Waals surface area contributed by atoms with Gasteiger partial charge in [-0.15, -0.1) is 0 Å². The Labute approximate surface area is 162 Å². The smallest absolute Gasteiger partial charge is 0.342 e. The van der Waals surface area contributed by atoms with E-state index in [2.05, 4.69) is 0 Å². The van der Waals surface area contributed by atoms with Crippen LogP contribution in [0.15, 0.2) is 6.07 Å². The first-order chi connectivity index (χ1) is 12.7. The molecule has 1 aliphatic rings. The zero-order chi connectivity index (χ0) is 20.1. The summed E-state index contributed by atoms with van der Waals surface area (Å²) in [5.74, 6) is -1.50. The number of Topliss-reactive ketones (excluding diaryl/α,β-unsaturated/α-hetero) is 2. The van der Waals surface area contributed by atoms with Gasteiger partial charge in [0.2, 0.25) is 0 Å². The number of rotatable bonds is 1. The molecule has 2 unspecified atom stereocenters. The number of halogens is 1. The Morgan fingerprint density at radius 3 is 2.52 bits per heavy atom. The molecule has 0 spiro atoms. The number of aromatic hydroxyl groups is 1. The van der Waals surface area contributed by atoms with Crippen LogP contribution >= 0.6 is 11.6 Å². The zero-order valence-electron chi connectivity index (χ0n) is 15.3. The second-order valence-electron chi connectivity index (χ2n) is 6.67. The topological polar surface area (TPSA) is 110 Å². The van der Waals surface area contributed by atoms with Crippen LogP contribution in [0.5, 0.6) is 11.5 Å². The number of esters is 1. The molecule has 2 atom stereocenters. The van der Waals surface area contributed by atoms with Crippen LogP contribution in [0.1, 0.15) is 54.9 Å². The Hall–Kier alpha value is -2.12. The molecule has 0 amide bonds. The number of ketones is 2. The van der Waals surface area contributed by atoms with Gasteiger partial charge < -0.3 is 19.7 Å². The highest BCUT2D eigenvalue weighted by Crippen LogP contribution is 2.38. The van der Waals surface area contributed by atoms with Crippen LogP contribution in [-0.2, 0) is 20.7 Å². The van der Waals surface area contributed by atoms with Crippen LogP contribution in [-0.4, -0.2) is 47.1 Å². The number of aliphatic hydroxyl groups is 1. The molecule has 7 nitrogen and oxygen atoms in total. The number of carbonyl (C=O) groups excluding carboxylic acids is 3. The molecule has 148 valence electrons. The highest BCUT2D eigenvalue weighted by molar-refractivity contribution is 6.33. The van der Waals surface area contributed by atoms with E-state index in [-0.39, 0.29) is 71.3 Å². The van der Waals surface area contributed by atoms with E-state index in [0.717, 1.165) is 0 Å². The van der Waals surface area contributed by atoms with Crippen molar-refractivity contribution in [2.45, 2.75) is 57.7 Å². The molecule has 2 N–H and O–H groups in total. The number of hydrogen-bond acceptors (Lipinski definition) is 7. The van der Waals surface area contributed by atoms with Gasteiger partial charge in [0.1, 0.15) is 28.6 Å². The number of phenols is 1. The lowest BCUT2D eigenvalue weighted by atomic mass is 9.96. The summed E-state index contributed by atoms with van der Waals surface area (Å²) >= 11 is 6.14. The fraction of sp³-hybridized carbons (Fsp3) is 0.526. The Morgan fingerprint density at radius 2 is 1.85 bits per heavy atom. The van der Waals surface area contributed by atoms with Gasteiger partial charge in [0, 0.05) is 37.3 Å². The molecule has 0 fully saturated rings. The third-order valence-corrected chi connectivity index (χ3v) is 4.88. The number of benzene rings is 1. The molecule has 0 aliphatic carbocycles. The molecule has 27 heavy (non-hydrogen) atoms. The monoisotopic (exact) mass is 398 g/mol. The maximum atomic E-state index is 12.7. The summed E-state index contributed by atoms with van der Waals surface area (Å²) in [6, 6.07) is 1.18. The summed E-state index contributed by atoms with van der Waals surface area (Å²) in [7, 11) is 1.31. The number of phenolic OH excluding ortho intramolecular Hbond substituents is 1. The molecular formula is C19H23ClO7. The number of fused-ring (bicyclic) bond motifs is 1. The molecule has 0 saturated heterocycles. The molecule has 0 radical (unpaired) electrons. The average molecular weight is 399 g/mol. The Morgan fingerprint density at radius 1 is 1.19 bits per heavy atom. The van der Waals surface area contributed by atoms with E-state index in [1.807, 2.05) is 0 Å². The van der Waals surface area contributed by atoms with Gasteiger partial charge in [-0.05, 0) is 19.8 Å². The summed E-state index contributed by atoms with van der Waals surface area (Å²) in [5, 5.41) is 19.9. The standard InChI is InChI=1S/C19H23ClO7/c1-10-3-4-11(21)5-6-12(22)7-13(23)8-14-17(19(25)27-10)16(26-2)9-15(24)18(14)20/h9-10,12,22,24H,3-8H2,1-2H3. The molecule has 0 bridgehead atoms. The largest absolute Gasteiger partial charge is 0.506 e. The van der Waals surface area contributed by atoms with Crippen molar-refractivity contribution in [3.05, 3.63) is 22.2 Å². The van der Waals surface area contributed by atoms with E-state index in [4.69, 9.17) is 21.1 Å². The number of carbonyl (C=O) groups is 3. The normalized spacial score (nSPS) is 22.6. The Balaban J connectivity index is 2.48. The first kappa shape index (κ1) is 21.2. The number of ether oxygens (including phenoxy) is 2. The number of methoxy groups -OCH3 is 1. The summed E-state index contributed by atoms with van der Waals surface area (Å²) in [6.45, 7) is 1.66. The van der Waals surface area contributed by atoms with Gasteiger partial charge in [-0.2, -0.15) is 0 Å². The second-order valence-corrected chi connectivity index (χ2v) is 7.05. The molecular weight excluding hydrogens is 376 g/mol. The van der Waals surface area contributed by atoms with Crippen molar-refractivity contribution < 1.29 is 34.1 Å². The van der Waals surface area contributed by atoms with Gasteiger partial charge in [-0.1, -0.05) is 11.6 Å². The molecule has 2 rings (SSSR count). The van der Waals surface area contributed by atoms with Crippen molar-refractivity contribution in [2.75, 3.05) is 7.11 Å². The number of hydrogen-bond donors (Lipinski definition) is 2. The van der Waals surface area contributed by atoms with Gasteiger partial charge in [0.15, 0.2) is 0 Å². The van der Waals surface area contributed by atoms with E-state index in [9.17, 15) is 24.6 Å². The van der Waals surface area contributed by atoms with Crippen molar-refractivity contribution in [3.63, 3.8) is 0 Å². The van der Waals surface area contributed by atoms with Crippen LogP contribution < -0.4 is 4.74 Å². The number of cyclic esters (lactones) is 1. The average Bonchev–Trinajstić information content (AvgIpc) is 2.60. The molecule has 1 heterocycles. The highest BCUT2D eigenvalue weighted by atomic mass is 35.5. The SMILES string of the molecule is COc1cc(O)c(Cl)c2c1C(=O)OC(C)CCC(=O)CCC(O)CC(=O)C2. The van der Waals surface area contributed by atoms with Crippen LogP contribution in [0, 0.1) is 0 Å². The number of aliphatic hydroxyl groups excluding tert-OH is 1. The molecule has 1 aromatic carbocycles. The zero-order valence-corrected chi connectivity index (χ0v) is 16.0. The minimum atomic E-state index is -0.963. The van der Waals surface area contributed by atoms with Crippen molar-refractivity contribution in [1.82, 2.24) is 0 Å². The van der Waals surface area contributed by atoms with Crippen molar-refractivity contribution in [3.8, 4) is 11.5 Å². The van der Waals surface area contributed by atoms with Crippen LogP contribution in [0.3, 0.4) is 0 Å². The van der Waals surface area contributed by atoms with Gasteiger partial charge >= 0.3 is 5.97 Å². The first-order valence-electron chi connectivity index (χ1n) is 8.73. The maximum absolute atomic E-state index is 12.7. The van der Waals surface area contributed by atoms with Crippen molar-refractivity contribution in [2.24, 2.45) is 0 Å². The van der Waals surface area contributed by atoms with Crippen LogP contribution in [0.25, 0.3) is 0 Å². The molecule has 0 saturated carbocycles. The highest BCUT2D eigenvalue weighted by Gasteiger charge is 2.28. The van der Waals surface area contributed by atoms with Crippen molar-refractivity contribution in [1.29, 1.82) is 0 Å². The van der Waals surface area contributed by atoms with E-state index < -0.39 is 18.2 Å². The maximum Gasteiger partial charge on any atom is 0.342 e. The van der Waals surface area contributed by atoms with E-state index in [1.165, 1.54) is 13.2 Å². The third-order valence-electron chi connectivity index (χ3n) is 4.46. The molecule has 1 aliphatic heterocycles. The molecule has 1 aromatic rings. The predicted molar refractivity (Wildman–Crippen MR) is 97.4 cm³/mol. The van der Waals surface area contributed by atoms with Gasteiger partial charge in [0.25, 0.3) is 0 Å². The summed E-state index contributed by atoms with van der Waals surface area (Å²) in [6.07, 6.45) is -1.10. The summed E-state index contributed by atoms with van der Waals surface area (Å²) in [5.41, 5.74) is 0.0504. The lowest BCUT2D eigenvalue weighted by molar-refractivity contribution is -0.122. The minimum Gasteiger partial charge on any atom is -0.506 e. The van der Waals surface area contributed by atoms with Crippen LogP contribution in [0.4, 0.5) is 0 Å². The van der Waals surface area contributed by atoms with Gasteiger partial charge in [-0.3, -0.25) is 9.59 Å².